The zero-order valence-electron chi connectivity index (χ0n) is 17.4. The minimum absolute atomic E-state index is 0.0819. The van der Waals surface area contributed by atoms with E-state index in [1.807, 2.05) is 80.6 Å². The fraction of sp³-hybridized carbons (Fsp3) is 0.115. The van der Waals surface area contributed by atoms with Crippen molar-refractivity contribution < 1.29 is 4.79 Å². The van der Waals surface area contributed by atoms with E-state index in [1.165, 1.54) is 0 Å². The Hall–Kier alpha value is -3.99. The van der Waals surface area contributed by atoms with Crippen LogP contribution in [0, 0.1) is 6.92 Å². The number of rotatable bonds is 3. The molecule has 0 bridgehead atoms. The normalized spacial score (nSPS) is 14.5. The zero-order chi connectivity index (χ0) is 21.5. The van der Waals surface area contributed by atoms with Gasteiger partial charge in [-0.3, -0.25) is 14.2 Å². The number of hydrogen-bond acceptors (Lipinski definition) is 3. The molecule has 152 valence electrons. The Kier molecular flexibility index (Phi) is 4.51. The molecule has 0 spiro atoms. The average Bonchev–Trinajstić information content (AvgIpc) is 3.06. The molecular formula is C26H21N3O2. The highest BCUT2D eigenvalue weighted by Gasteiger charge is 2.31. The molecule has 1 amide bonds. The van der Waals surface area contributed by atoms with Crippen LogP contribution < -0.4 is 10.5 Å². The third kappa shape index (κ3) is 3.06. The van der Waals surface area contributed by atoms with Crippen LogP contribution in [0.3, 0.4) is 0 Å². The van der Waals surface area contributed by atoms with Gasteiger partial charge in [0.2, 0.25) is 0 Å². The molecule has 2 heterocycles. The Morgan fingerprint density at radius 2 is 1.61 bits per heavy atom. The maximum Gasteiger partial charge on any atom is 0.266 e. The number of benzene rings is 3. The number of aromatic nitrogens is 2. The van der Waals surface area contributed by atoms with Crippen molar-refractivity contribution in [3.8, 4) is 5.69 Å². The number of anilines is 1. The number of para-hydroxylation sites is 2. The minimum Gasteiger partial charge on any atom is -0.308 e. The first-order valence-electron chi connectivity index (χ1n) is 10.3. The fourth-order valence-electron chi connectivity index (χ4n) is 4.08. The van der Waals surface area contributed by atoms with E-state index in [2.05, 4.69) is 0 Å². The summed E-state index contributed by atoms with van der Waals surface area (Å²) in [5.74, 6) is 0.352. The highest BCUT2D eigenvalue weighted by molar-refractivity contribution is 6.35. The molecule has 0 unspecified atom stereocenters. The van der Waals surface area contributed by atoms with Crippen molar-refractivity contribution >= 4 is 34.1 Å². The first kappa shape index (κ1) is 19.0. The Morgan fingerprint density at radius 1 is 0.903 bits per heavy atom. The van der Waals surface area contributed by atoms with Gasteiger partial charge < -0.3 is 4.90 Å². The topological polar surface area (TPSA) is 55.2 Å². The van der Waals surface area contributed by atoms with Gasteiger partial charge in [0.15, 0.2) is 0 Å². The van der Waals surface area contributed by atoms with Gasteiger partial charge in [0, 0.05) is 12.1 Å². The van der Waals surface area contributed by atoms with Gasteiger partial charge in [-0.2, -0.15) is 0 Å². The van der Waals surface area contributed by atoms with Gasteiger partial charge in [-0.25, -0.2) is 4.98 Å². The first-order chi connectivity index (χ1) is 15.1. The molecule has 31 heavy (non-hydrogen) atoms. The van der Waals surface area contributed by atoms with Gasteiger partial charge in [0.05, 0.1) is 27.9 Å². The van der Waals surface area contributed by atoms with Crippen LogP contribution in [0.25, 0.3) is 28.2 Å². The summed E-state index contributed by atoms with van der Waals surface area (Å²) in [6.45, 7) is 4.53. The van der Waals surface area contributed by atoms with Crippen LogP contribution in [0.5, 0.6) is 0 Å². The molecule has 5 nitrogen and oxygen atoms in total. The summed E-state index contributed by atoms with van der Waals surface area (Å²) in [7, 11) is 0. The third-order valence-corrected chi connectivity index (χ3v) is 5.64. The fourth-order valence-corrected chi connectivity index (χ4v) is 4.08. The van der Waals surface area contributed by atoms with E-state index in [9.17, 15) is 9.59 Å². The SMILES string of the molecule is CCN1C(=O)/C(=C\c2nc3ccccc3c(=O)n2-c2ccc(C)cc2)c2ccccc21. The number of carbonyl (C=O) groups is 1. The number of carbonyl (C=O) groups excluding carboxylic acids is 1. The average molecular weight is 407 g/mol. The molecule has 1 aliphatic heterocycles. The number of aryl methyl sites for hydroxylation is 1. The molecule has 4 aromatic rings. The predicted octanol–water partition coefficient (Wildman–Crippen LogP) is 4.60. The lowest BCUT2D eigenvalue weighted by Gasteiger charge is -2.14. The van der Waals surface area contributed by atoms with Crippen LogP contribution in [0.4, 0.5) is 5.69 Å². The highest BCUT2D eigenvalue weighted by atomic mass is 16.2. The number of nitrogens with zero attached hydrogens (tertiary/aromatic N) is 3. The summed E-state index contributed by atoms with van der Waals surface area (Å²) in [4.78, 5) is 33.2. The molecule has 5 rings (SSSR count). The second-order valence-electron chi connectivity index (χ2n) is 7.59. The summed E-state index contributed by atoms with van der Waals surface area (Å²) >= 11 is 0. The zero-order valence-corrected chi connectivity index (χ0v) is 17.4. The lowest BCUT2D eigenvalue weighted by Crippen LogP contribution is -2.26. The quantitative estimate of drug-likeness (QED) is 0.467. The Bertz CT molecular complexity index is 1420. The smallest absolute Gasteiger partial charge is 0.266 e. The van der Waals surface area contributed by atoms with Gasteiger partial charge in [-0.15, -0.1) is 0 Å². The van der Waals surface area contributed by atoms with Crippen molar-refractivity contribution in [1.29, 1.82) is 0 Å². The Balaban J connectivity index is 1.81. The van der Waals surface area contributed by atoms with Crippen molar-refractivity contribution in [2.75, 3.05) is 11.4 Å². The number of hydrogen-bond donors (Lipinski definition) is 0. The number of fused-ring (bicyclic) bond motifs is 2. The van der Waals surface area contributed by atoms with Gasteiger partial charge in [0.1, 0.15) is 5.82 Å². The highest BCUT2D eigenvalue weighted by Crippen LogP contribution is 2.37. The lowest BCUT2D eigenvalue weighted by atomic mass is 10.1. The summed E-state index contributed by atoms with van der Waals surface area (Å²) < 4.78 is 1.58. The second kappa shape index (κ2) is 7.36. The number of likely N-dealkylation sites (N-methyl/N-ethyl adjacent to an activating group) is 1. The van der Waals surface area contributed by atoms with E-state index in [0.717, 1.165) is 16.8 Å². The van der Waals surface area contributed by atoms with Gasteiger partial charge >= 0.3 is 0 Å². The molecular weight excluding hydrogens is 386 g/mol. The Labute approximate surface area is 179 Å². The molecule has 1 aliphatic rings. The van der Waals surface area contributed by atoms with E-state index < -0.39 is 0 Å². The molecule has 0 radical (unpaired) electrons. The maximum atomic E-state index is 13.5. The van der Waals surface area contributed by atoms with Crippen LogP contribution >= 0.6 is 0 Å². The second-order valence-corrected chi connectivity index (χ2v) is 7.59. The molecule has 0 saturated heterocycles. The van der Waals surface area contributed by atoms with E-state index >= 15 is 0 Å². The predicted molar refractivity (Wildman–Crippen MR) is 124 cm³/mol. The van der Waals surface area contributed by atoms with Crippen molar-refractivity contribution in [3.63, 3.8) is 0 Å². The van der Waals surface area contributed by atoms with Crippen molar-refractivity contribution in [1.82, 2.24) is 9.55 Å². The maximum absolute atomic E-state index is 13.5. The standard InChI is InChI=1S/C26H21N3O2/c1-3-28-23-11-7-5-8-19(23)21(25(28)30)16-24-27-22-10-6-4-9-20(22)26(31)29(24)18-14-12-17(2)13-15-18/h4-16H,3H2,1-2H3/b21-16-. The summed E-state index contributed by atoms with van der Waals surface area (Å²) in [6, 6.07) is 22.7. The van der Waals surface area contributed by atoms with Gasteiger partial charge in [-0.1, -0.05) is 48.0 Å². The van der Waals surface area contributed by atoms with E-state index in [4.69, 9.17) is 4.98 Å². The summed E-state index contributed by atoms with van der Waals surface area (Å²) in [5.41, 5.74) is 4.54. The van der Waals surface area contributed by atoms with Crippen molar-refractivity contribution in [3.05, 3.63) is 100 Å². The molecule has 0 saturated carbocycles. The van der Waals surface area contributed by atoms with Crippen LogP contribution in [0.1, 0.15) is 23.9 Å². The van der Waals surface area contributed by atoms with Gasteiger partial charge in [-0.05, 0) is 50.3 Å². The summed E-state index contributed by atoms with van der Waals surface area (Å²) in [6.07, 6.45) is 1.74. The largest absolute Gasteiger partial charge is 0.308 e. The van der Waals surface area contributed by atoms with Gasteiger partial charge in [0.25, 0.3) is 11.5 Å². The lowest BCUT2D eigenvalue weighted by molar-refractivity contribution is -0.112. The van der Waals surface area contributed by atoms with Crippen LogP contribution in [0.2, 0.25) is 0 Å². The van der Waals surface area contributed by atoms with E-state index in [-0.39, 0.29) is 11.5 Å². The minimum atomic E-state index is -0.160. The molecule has 5 heteroatoms. The molecule has 0 N–H and O–H groups in total. The van der Waals surface area contributed by atoms with Crippen LogP contribution in [0.15, 0.2) is 77.6 Å². The molecule has 0 atom stereocenters. The molecule has 1 aromatic heterocycles. The summed E-state index contributed by atoms with van der Waals surface area (Å²) in [5, 5.41) is 0.540. The molecule has 0 fully saturated rings. The Morgan fingerprint density at radius 3 is 2.39 bits per heavy atom. The van der Waals surface area contributed by atoms with Crippen LogP contribution in [-0.2, 0) is 4.79 Å². The van der Waals surface area contributed by atoms with E-state index in [1.54, 1.807) is 21.6 Å². The number of amides is 1. The van der Waals surface area contributed by atoms with Crippen LogP contribution in [-0.4, -0.2) is 22.0 Å². The monoisotopic (exact) mass is 407 g/mol. The third-order valence-electron chi connectivity index (χ3n) is 5.64. The van der Waals surface area contributed by atoms with Crippen molar-refractivity contribution in [2.45, 2.75) is 13.8 Å². The molecule has 3 aromatic carbocycles. The van der Waals surface area contributed by atoms with E-state index in [0.29, 0.717) is 34.5 Å². The van der Waals surface area contributed by atoms with Crippen molar-refractivity contribution in [2.24, 2.45) is 0 Å². The first-order valence-corrected chi connectivity index (χ1v) is 10.3. The molecule has 0 aliphatic carbocycles.